The van der Waals surface area contributed by atoms with Gasteiger partial charge >= 0.3 is 0 Å². The summed E-state index contributed by atoms with van der Waals surface area (Å²) in [6.07, 6.45) is 15.9. The fourth-order valence-corrected chi connectivity index (χ4v) is 6.22. The summed E-state index contributed by atoms with van der Waals surface area (Å²) in [5.74, 6) is 1.66. The highest BCUT2D eigenvalue weighted by atomic mass is 32.1. The van der Waals surface area contributed by atoms with Gasteiger partial charge in [-0.25, -0.2) is 15.0 Å². The van der Waals surface area contributed by atoms with Crippen molar-refractivity contribution in [2.75, 3.05) is 18.1 Å². The number of imidazole rings is 1. The Labute approximate surface area is 209 Å². The van der Waals surface area contributed by atoms with Crippen molar-refractivity contribution in [1.29, 1.82) is 0 Å². The van der Waals surface area contributed by atoms with Crippen LogP contribution in [0.5, 0.6) is 0 Å². The van der Waals surface area contributed by atoms with Crippen LogP contribution in [0.25, 0.3) is 11.1 Å². The quantitative estimate of drug-likeness (QED) is 0.461. The molecule has 2 aliphatic rings. The second kappa shape index (κ2) is 9.91. The molecule has 3 heterocycles. The van der Waals surface area contributed by atoms with Gasteiger partial charge < -0.3 is 16.4 Å². The number of allylic oxidation sites excluding steroid dienone is 3. The number of aromatic nitrogens is 4. The molecule has 4 N–H and O–H groups in total. The molecular weight excluding hydrogens is 458 g/mol. The van der Waals surface area contributed by atoms with Gasteiger partial charge in [-0.05, 0) is 38.3 Å². The zero-order valence-corrected chi connectivity index (χ0v) is 21.4. The van der Waals surface area contributed by atoms with Crippen LogP contribution in [0.3, 0.4) is 0 Å². The number of nitrogens with two attached hydrogens (primary N) is 1. The minimum atomic E-state index is -0.280. The van der Waals surface area contributed by atoms with E-state index in [1.165, 1.54) is 30.6 Å². The Bertz CT molecular complexity index is 1300. The molecule has 0 bridgehead atoms. The number of aryl methyl sites for hydroxylation is 1. The molecule has 2 unspecified atom stereocenters. The van der Waals surface area contributed by atoms with Gasteiger partial charge in [0.1, 0.15) is 17.2 Å². The van der Waals surface area contributed by atoms with Gasteiger partial charge in [-0.3, -0.25) is 9.20 Å². The van der Waals surface area contributed by atoms with E-state index in [2.05, 4.69) is 38.0 Å². The van der Waals surface area contributed by atoms with Crippen molar-refractivity contribution in [3.8, 4) is 0 Å². The number of hydrogen-bond acceptors (Lipinski definition) is 7. The molecule has 3 aromatic rings. The molecule has 8 nitrogen and oxygen atoms in total. The van der Waals surface area contributed by atoms with Crippen molar-refractivity contribution in [1.82, 2.24) is 24.7 Å². The third-order valence-corrected chi connectivity index (χ3v) is 8.18. The smallest absolute Gasteiger partial charge is 0.233 e. The van der Waals surface area contributed by atoms with Crippen LogP contribution < -0.4 is 16.4 Å². The molecule has 0 saturated heterocycles. The van der Waals surface area contributed by atoms with E-state index in [1.807, 2.05) is 32.3 Å². The molecular formula is C26H33N7OS. The van der Waals surface area contributed by atoms with Crippen LogP contribution in [0, 0.1) is 18.8 Å². The van der Waals surface area contributed by atoms with Gasteiger partial charge in [0.15, 0.2) is 5.13 Å². The molecule has 0 spiro atoms. The summed E-state index contributed by atoms with van der Waals surface area (Å²) in [6, 6.07) is 0. The van der Waals surface area contributed by atoms with E-state index in [1.54, 1.807) is 6.20 Å². The van der Waals surface area contributed by atoms with Crippen molar-refractivity contribution >= 4 is 39.3 Å². The standard InChI is InChI=1S/C26H33N7OS/c1-15-13-18(9-10-19(15)25(34)32-26-30-16(2)20(35-26)14-28-3)21-22-23(27)29-11-12-33(22)24(31-21)17-7-5-4-6-8-17/h9-13,15,17,19,28H,4-8,14H2,1-3H3,(H2,27,29)(H,30,32,34). The minimum Gasteiger partial charge on any atom is -0.382 e. The van der Waals surface area contributed by atoms with E-state index in [-0.39, 0.29) is 17.7 Å². The Hall–Kier alpha value is -3.04. The second-order valence-corrected chi connectivity index (χ2v) is 10.7. The molecule has 1 saturated carbocycles. The van der Waals surface area contributed by atoms with Crippen LogP contribution in [-0.2, 0) is 11.3 Å². The number of amides is 1. The van der Waals surface area contributed by atoms with Gasteiger partial charge in [-0.2, -0.15) is 0 Å². The summed E-state index contributed by atoms with van der Waals surface area (Å²) < 4.78 is 2.12. The van der Waals surface area contributed by atoms with Crippen LogP contribution >= 0.6 is 11.3 Å². The Morgan fingerprint density at radius 2 is 2.06 bits per heavy atom. The second-order valence-electron chi connectivity index (χ2n) is 9.60. The van der Waals surface area contributed by atoms with E-state index in [9.17, 15) is 4.79 Å². The van der Waals surface area contributed by atoms with E-state index < -0.39 is 0 Å². The number of rotatable bonds is 6. The lowest BCUT2D eigenvalue weighted by molar-refractivity contribution is -0.119. The highest BCUT2D eigenvalue weighted by Gasteiger charge is 2.29. The third-order valence-electron chi connectivity index (χ3n) is 7.11. The molecule has 3 aromatic heterocycles. The lowest BCUT2D eigenvalue weighted by Crippen LogP contribution is -2.27. The maximum atomic E-state index is 13.1. The van der Waals surface area contributed by atoms with Crippen molar-refractivity contribution in [2.45, 2.75) is 58.4 Å². The first-order valence-electron chi connectivity index (χ1n) is 12.4. The normalized spacial score (nSPS) is 20.8. The van der Waals surface area contributed by atoms with Crippen molar-refractivity contribution in [3.05, 3.63) is 52.7 Å². The van der Waals surface area contributed by atoms with Gasteiger partial charge in [0.05, 0.1) is 17.3 Å². The minimum absolute atomic E-state index is 0.000569. The molecule has 2 aliphatic carbocycles. The molecule has 0 aliphatic heterocycles. The lowest BCUT2D eigenvalue weighted by atomic mass is 9.85. The Balaban J connectivity index is 1.40. The van der Waals surface area contributed by atoms with Gasteiger partial charge in [0.2, 0.25) is 5.91 Å². The van der Waals surface area contributed by atoms with Crippen LogP contribution in [0.1, 0.15) is 67.0 Å². The van der Waals surface area contributed by atoms with E-state index in [4.69, 9.17) is 10.7 Å². The summed E-state index contributed by atoms with van der Waals surface area (Å²) in [5.41, 5.74) is 9.98. The summed E-state index contributed by atoms with van der Waals surface area (Å²) in [7, 11) is 1.90. The summed E-state index contributed by atoms with van der Waals surface area (Å²) in [5, 5.41) is 6.79. The van der Waals surface area contributed by atoms with Gasteiger partial charge in [0, 0.05) is 29.7 Å². The zero-order chi connectivity index (χ0) is 24.5. The first-order chi connectivity index (χ1) is 17.0. The third kappa shape index (κ3) is 4.62. The first kappa shape index (κ1) is 23.7. The van der Waals surface area contributed by atoms with Gasteiger partial charge in [0.25, 0.3) is 0 Å². The Morgan fingerprint density at radius 1 is 1.26 bits per heavy atom. The number of anilines is 2. The van der Waals surface area contributed by atoms with Crippen molar-refractivity contribution in [2.24, 2.45) is 11.8 Å². The van der Waals surface area contributed by atoms with Crippen molar-refractivity contribution in [3.63, 3.8) is 0 Å². The monoisotopic (exact) mass is 491 g/mol. The fourth-order valence-electron chi connectivity index (χ4n) is 5.24. The highest BCUT2D eigenvalue weighted by Crippen LogP contribution is 2.37. The topological polar surface area (TPSA) is 110 Å². The predicted octanol–water partition coefficient (Wildman–Crippen LogP) is 4.69. The molecule has 184 valence electrons. The molecule has 2 atom stereocenters. The van der Waals surface area contributed by atoms with Gasteiger partial charge in [-0.1, -0.05) is 44.4 Å². The van der Waals surface area contributed by atoms with Crippen LogP contribution in [0.2, 0.25) is 0 Å². The zero-order valence-electron chi connectivity index (χ0n) is 20.5. The molecule has 1 amide bonds. The maximum absolute atomic E-state index is 13.1. The molecule has 5 rings (SSSR count). The fraction of sp³-hybridized carbons (Fsp3) is 0.462. The molecule has 0 aromatic carbocycles. The predicted molar refractivity (Wildman–Crippen MR) is 141 cm³/mol. The van der Waals surface area contributed by atoms with Crippen molar-refractivity contribution < 1.29 is 4.79 Å². The number of nitrogen functional groups attached to an aromatic ring is 1. The summed E-state index contributed by atoms with van der Waals surface area (Å²) in [4.78, 5) is 28.2. The lowest BCUT2D eigenvalue weighted by Gasteiger charge is -2.21. The Kier molecular flexibility index (Phi) is 6.71. The number of fused-ring (bicyclic) bond motifs is 1. The average Bonchev–Trinajstić information content (AvgIpc) is 3.41. The molecule has 1 fully saturated rings. The van der Waals surface area contributed by atoms with Crippen LogP contribution in [0.15, 0.2) is 30.6 Å². The Morgan fingerprint density at radius 3 is 2.80 bits per heavy atom. The molecule has 0 radical (unpaired) electrons. The SMILES string of the molecule is CNCc1sc(NC(=O)C2C=CC(c3nc(C4CCCCC4)n4ccnc(N)c34)=CC2C)nc1C. The maximum Gasteiger partial charge on any atom is 0.233 e. The number of hydrogen-bond donors (Lipinski definition) is 3. The molecule has 9 heteroatoms. The number of carbonyl (C=O) groups is 1. The highest BCUT2D eigenvalue weighted by molar-refractivity contribution is 7.15. The summed E-state index contributed by atoms with van der Waals surface area (Å²) in [6.45, 7) is 4.77. The van der Waals surface area contributed by atoms with Crippen LogP contribution in [-0.4, -0.2) is 32.3 Å². The summed E-state index contributed by atoms with van der Waals surface area (Å²) >= 11 is 1.52. The van der Waals surface area contributed by atoms with Crippen LogP contribution in [0.4, 0.5) is 10.9 Å². The van der Waals surface area contributed by atoms with E-state index in [0.717, 1.165) is 52.6 Å². The number of thiazole rings is 1. The number of carbonyl (C=O) groups excluding carboxylic acids is 1. The van der Waals surface area contributed by atoms with E-state index in [0.29, 0.717) is 16.9 Å². The molecule has 35 heavy (non-hydrogen) atoms. The average molecular weight is 492 g/mol. The van der Waals surface area contributed by atoms with Gasteiger partial charge in [-0.15, -0.1) is 11.3 Å². The number of nitrogens with one attached hydrogen (secondary N) is 2. The van der Waals surface area contributed by atoms with E-state index >= 15 is 0 Å². The number of nitrogens with zero attached hydrogens (tertiary/aromatic N) is 4. The largest absolute Gasteiger partial charge is 0.382 e. The first-order valence-corrected chi connectivity index (χ1v) is 13.2.